The molecule has 2 atom stereocenters. The van der Waals surface area contributed by atoms with E-state index >= 15 is 0 Å². The fraction of sp³-hybridized carbons (Fsp3) is 0.300. The maximum absolute atomic E-state index is 14.1. The van der Waals surface area contributed by atoms with Crippen LogP contribution in [0, 0.1) is 23.6 Å². The van der Waals surface area contributed by atoms with Gasteiger partial charge in [0.2, 0.25) is 5.65 Å². The van der Waals surface area contributed by atoms with Crippen molar-refractivity contribution in [3.8, 4) is 11.3 Å². The van der Waals surface area contributed by atoms with Gasteiger partial charge in [-0.05, 0) is 42.5 Å². The zero-order chi connectivity index (χ0) is 18.8. The van der Waals surface area contributed by atoms with Crippen molar-refractivity contribution in [2.75, 3.05) is 24.5 Å². The summed E-state index contributed by atoms with van der Waals surface area (Å²) in [6, 6.07) is 6.78. The number of nitrogens with one attached hydrogen (secondary N) is 1. The van der Waals surface area contributed by atoms with Crippen LogP contribution in [-0.2, 0) is 0 Å². The van der Waals surface area contributed by atoms with Gasteiger partial charge in [0.05, 0.1) is 11.9 Å². The minimum Gasteiger partial charge on any atom is -0.355 e. The predicted octanol–water partition coefficient (Wildman–Crippen LogP) is 2.35. The molecule has 1 saturated carbocycles. The maximum atomic E-state index is 14.1. The second-order valence-electron chi connectivity index (χ2n) is 7.63. The summed E-state index contributed by atoms with van der Waals surface area (Å²) in [7, 11) is 0. The van der Waals surface area contributed by atoms with Crippen LogP contribution >= 0.6 is 0 Å². The van der Waals surface area contributed by atoms with Gasteiger partial charge in [0.15, 0.2) is 0 Å². The van der Waals surface area contributed by atoms with E-state index in [-0.39, 0.29) is 5.82 Å². The van der Waals surface area contributed by atoms with Crippen LogP contribution < -0.4 is 10.6 Å². The van der Waals surface area contributed by atoms with Crippen molar-refractivity contribution in [2.45, 2.75) is 0 Å². The number of hydrogen-bond donors (Lipinski definition) is 2. The normalized spacial score (nSPS) is 23.5. The van der Waals surface area contributed by atoms with Crippen LogP contribution in [-0.4, -0.2) is 44.8 Å². The Morgan fingerprint density at radius 2 is 2.00 bits per heavy atom. The SMILES string of the molecule is NCC1C2CN(c3cnc4c(-c5ccc(F)c6ncccc56)[nH]nc4n3)CC12. The first-order valence-corrected chi connectivity index (χ1v) is 9.44. The minimum absolute atomic E-state index is 0.332. The van der Waals surface area contributed by atoms with E-state index in [1.807, 2.05) is 6.07 Å². The van der Waals surface area contributed by atoms with Gasteiger partial charge >= 0.3 is 0 Å². The third-order valence-electron chi connectivity index (χ3n) is 6.21. The highest BCUT2D eigenvalue weighted by atomic mass is 19.1. The highest BCUT2D eigenvalue weighted by Gasteiger charge is 2.54. The monoisotopic (exact) mass is 375 g/mol. The highest BCUT2D eigenvalue weighted by Crippen LogP contribution is 2.51. The molecule has 1 aromatic carbocycles. The van der Waals surface area contributed by atoms with Gasteiger partial charge in [-0.25, -0.2) is 14.4 Å². The number of aromatic nitrogens is 5. The summed E-state index contributed by atoms with van der Waals surface area (Å²) in [5.41, 5.74) is 8.89. The molecule has 1 saturated heterocycles. The average molecular weight is 375 g/mol. The Balaban J connectivity index is 1.40. The van der Waals surface area contributed by atoms with Gasteiger partial charge in [-0.2, -0.15) is 5.10 Å². The Morgan fingerprint density at radius 1 is 1.14 bits per heavy atom. The Labute approximate surface area is 159 Å². The molecule has 0 radical (unpaired) electrons. The van der Waals surface area contributed by atoms with Crippen molar-refractivity contribution in [1.82, 2.24) is 25.1 Å². The van der Waals surface area contributed by atoms with Crippen molar-refractivity contribution in [3.63, 3.8) is 0 Å². The Hall–Kier alpha value is -3.13. The van der Waals surface area contributed by atoms with Gasteiger partial charge in [0.25, 0.3) is 0 Å². The van der Waals surface area contributed by atoms with E-state index in [9.17, 15) is 4.39 Å². The van der Waals surface area contributed by atoms with Crippen LogP contribution in [0.5, 0.6) is 0 Å². The standard InChI is InChI=1S/C20H18FN7/c21-15-4-3-11(10-2-1-5-23-17(10)15)18-19-20(27-26-18)25-16(7-24-19)28-8-13-12(6-22)14(13)9-28/h1-5,7,12-14H,6,8-9,22H2,(H,25,26,27). The van der Waals surface area contributed by atoms with Gasteiger partial charge in [0, 0.05) is 30.2 Å². The number of H-pyrrole nitrogens is 1. The van der Waals surface area contributed by atoms with Gasteiger partial charge < -0.3 is 10.6 Å². The van der Waals surface area contributed by atoms with Gasteiger partial charge in [-0.3, -0.25) is 10.1 Å². The first kappa shape index (κ1) is 15.9. The van der Waals surface area contributed by atoms with Gasteiger partial charge in [-0.15, -0.1) is 0 Å². The molecule has 3 aromatic heterocycles. The molecule has 0 bridgehead atoms. The number of anilines is 1. The molecule has 6 rings (SSSR count). The third kappa shape index (κ3) is 2.18. The number of benzene rings is 1. The van der Waals surface area contributed by atoms with E-state index in [0.29, 0.717) is 39.8 Å². The summed E-state index contributed by atoms with van der Waals surface area (Å²) in [6.07, 6.45) is 3.38. The first-order chi connectivity index (χ1) is 13.7. The molecule has 28 heavy (non-hydrogen) atoms. The van der Waals surface area contributed by atoms with Crippen LogP contribution in [0.25, 0.3) is 33.3 Å². The molecule has 4 heterocycles. The van der Waals surface area contributed by atoms with E-state index < -0.39 is 0 Å². The number of nitrogens with zero attached hydrogens (tertiary/aromatic N) is 5. The molecule has 1 aliphatic heterocycles. The molecular weight excluding hydrogens is 357 g/mol. The zero-order valence-electron chi connectivity index (χ0n) is 15.0. The lowest BCUT2D eigenvalue weighted by Crippen LogP contribution is -2.26. The van der Waals surface area contributed by atoms with Crippen LogP contribution in [0.3, 0.4) is 0 Å². The quantitative estimate of drug-likeness (QED) is 0.571. The number of rotatable bonds is 3. The number of fused-ring (bicyclic) bond motifs is 3. The summed E-state index contributed by atoms with van der Waals surface area (Å²) >= 11 is 0. The number of pyridine rings is 1. The van der Waals surface area contributed by atoms with Crippen LogP contribution in [0.4, 0.5) is 10.2 Å². The molecule has 4 aromatic rings. The number of aromatic amines is 1. The topological polar surface area (TPSA) is 96.6 Å². The predicted molar refractivity (Wildman–Crippen MR) is 104 cm³/mol. The average Bonchev–Trinajstić information content (AvgIpc) is 3.06. The van der Waals surface area contributed by atoms with Crippen molar-refractivity contribution in [3.05, 3.63) is 42.5 Å². The number of nitrogens with two attached hydrogens (primary N) is 1. The van der Waals surface area contributed by atoms with E-state index in [1.54, 1.807) is 24.5 Å². The van der Waals surface area contributed by atoms with Crippen molar-refractivity contribution in [1.29, 1.82) is 0 Å². The first-order valence-electron chi connectivity index (χ1n) is 9.44. The lowest BCUT2D eigenvalue weighted by Gasteiger charge is -2.19. The lowest BCUT2D eigenvalue weighted by molar-refractivity contribution is 0.637. The second kappa shape index (κ2) is 5.68. The van der Waals surface area contributed by atoms with E-state index in [1.165, 1.54) is 6.07 Å². The molecule has 2 fully saturated rings. The Bertz CT molecular complexity index is 1210. The second-order valence-corrected chi connectivity index (χ2v) is 7.63. The van der Waals surface area contributed by atoms with E-state index in [0.717, 1.165) is 36.7 Å². The number of halogens is 1. The Morgan fingerprint density at radius 3 is 2.82 bits per heavy atom. The molecule has 8 heteroatoms. The molecule has 1 aliphatic carbocycles. The van der Waals surface area contributed by atoms with Crippen molar-refractivity contribution >= 4 is 27.9 Å². The smallest absolute Gasteiger partial charge is 0.202 e. The van der Waals surface area contributed by atoms with Crippen LogP contribution in [0.15, 0.2) is 36.7 Å². The lowest BCUT2D eigenvalue weighted by atomic mass is 10.0. The van der Waals surface area contributed by atoms with Gasteiger partial charge in [-0.1, -0.05) is 6.07 Å². The summed E-state index contributed by atoms with van der Waals surface area (Å²) in [5, 5.41) is 8.11. The van der Waals surface area contributed by atoms with E-state index in [2.05, 4.69) is 25.1 Å². The molecule has 7 nitrogen and oxygen atoms in total. The molecule has 140 valence electrons. The van der Waals surface area contributed by atoms with E-state index in [4.69, 9.17) is 10.7 Å². The molecule has 3 N–H and O–H groups in total. The largest absolute Gasteiger partial charge is 0.355 e. The molecular formula is C20H18FN7. The van der Waals surface area contributed by atoms with Crippen molar-refractivity contribution in [2.24, 2.45) is 23.5 Å². The summed E-state index contributed by atoms with van der Waals surface area (Å²) < 4.78 is 14.1. The molecule has 2 unspecified atom stereocenters. The molecule has 2 aliphatic rings. The maximum Gasteiger partial charge on any atom is 0.202 e. The summed E-state index contributed by atoms with van der Waals surface area (Å²) in [5.74, 6) is 2.55. The van der Waals surface area contributed by atoms with Crippen molar-refractivity contribution < 1.29 is 4.39 Å². The molecule has 0 spiro atoms. The number of hydrogen-bond acceptors (Lipinski definition) is 6. The fourth-order valence-electron chi connectivity index (χ4n) is 4.67. The van der Waals surface area contributed by atoms with Crippen LogP contribution in [0.2, 0.25) is 0 Å². The highest BCUT2D eigenvalue weighted by molar-refractivity contribution is 6.00. The molecule has 0 amide bonds. The fourth-order valence-corrected chi connectivity index (χ4v) is 4.67. The summed E-state index contributed by atoms with van der Waals surface area (Å²) in [4.78, 5) is 15.8. The number of piperidine rings is 1. The minimum atomic E-state index is -0.347. The zero-order valence-corrected chi connectivity index (χ0v) is 15.0. The van der Waals surface area contributed by atoms with Gasteiger partial charge in [0.1, 0.15) is 22.7 Å². The van der Waals surface area contributed by atoms with Crippen LogP contribution in [0.1, 0.15) is 0 Å². The Kier molecular flexibility index (Phi) is 3.22. The summed E-state index contributed by atoms with van der Waals surface area (Å²) in [6.45, 7) is 2.74. The third-order valence-corrected chi connectivity index (χ3v) is 6.21.